The third-order valence-electron chi connectivity index (χ3n) is 4.62. The van der Waals surface area contributed by atoms with Gasteiger partial charge in [-0.25, -0.2) is 0 Å². The molecule has 1 rings (SSSR count). The molecule has 0 amide bonds. The number of allylic oxidation sites excluding steroid dienone is 1. The molecule has 0 saturated carbocycles. The predicted molar refractivity (Wildman–Crippen MR) is 83.4 cm³/mol. The topological polar surface area (TPSA) is 23.5 Å². The maximum Gasteiger partial charge on any atom is 0.0718 e. The summed E-state index contributed by atoms with van der Waals surface area (Å²) >= 11 is 0. The van der Waals surface area contributed by atoms with Crippen LogP contribution in [0.25, 0.3) is 0 Å². The first-order valence-electron chi connectivity index (χ1n) is 8.13. The molecule has 1 saturated heterocycles. The minimum absolute atomic E-state index is 0.0667. The van der Waals surface area contributed by atoms with Crippen LogP contribution in [-0.4, -0.2) is 34.7 Å². The van der Waals surface area contributed by atoms with Crippen LogP contribution in [-0.2, 0) is 0 Å². The number of unbranched alkanes of at least 4 members (excludes halogenated alkanes) is 3. The van der Waals surface area contributed by atoms with Gasteiger partial charge in [0.15, 0.2) is 0 Å². The minimum Gasteiger partial charge on any atom is -0.391 e. The molecule has 0 aliphatic carbocycles. The van der Waals surface area contributed by atoms with E-state index in [1.807, 2.05) is 6.08 Å². The van der Waals surface area contributed by atoms with Crippen LogP contribution < -0.4 is 0 Å². The Hall–Kier alpha value is -0.340. The van der Waals surface area contributed by atoms with Crippen molar-refractivity contribution >= 4 is 0 Å². The van der Waals surface area contributed by atoms with Gasteiger partial charge in [-0.1, -0.05) is 31.8 Å². The molecule has 0 aromatic rings. The molecule has 0 aromatic carbocycles. The van der Waals surface area contributed by atoms with Crippen LogP contribution in [0.5, 0.6) is 0 Å². The van der Waals surface area contributed by atoms with Crippen molar-refractivity contribution in [2.24, 2.45) is 0 Å². The number of hydrogen-bond acceptors (Lipinski definition) is 2. The van der Waals surface area contributed by atoms with Gasteiger partial charge in [0, 0.05) is 5.54 Å². The highest BCUT2D eigenvalue weighted by atomic mass is 16.3. The normalized spacial score (nSPS) is 19.9. The van der Waals surface area contributed by atoms with Crippen molar-refractivity contribution in [2.45, 2.75) is 83.3 Å². The first kappa shape index (κ1) is 16.7. The molecular weight excluding hydrogens is 234 g/mol. The van der Waals surface area contributed by atoms with Gasteiger partial charge in [0.05, 0.1) is 6.10 Å². The second-order valence-corrected chi connectivity index (χ2v) is 6.50. The Balaban J connectivity index is 2.34. The molecular formula is C17H33NO. The standard InChI is InChI=1S/C17H33NO/c1-4-5-6-7-10-13-16(19)17(2,3)18-14-11-8-9-12-15-18/h4,16,19H,1,5-15H2,2-3H3. The van der Waals surface area contributed by atoms with E-state index in [0.717, 1.165) is 32.4 Å². The van der Waals surface area contributed by atoms with Gasteiger partial charge < -0.3 is 5.11 Å². The number of aliphatic hydroxyl groups is 1. The molecule has 1 N–H and O–H groups in total. The number of nitrogens with zero attached hydrogens (tertiary/aromatic N) is 1. The van der Waals surface area contributed by atoms with E-state index >= 15 is 0 Å². The summed E-state index contributed by atoms with van der Waals surface area (Å²) < 4.78 is 0. The largest absolute Gasteiger partial charge is 0.391 e. The Kier molecular flexibility index (Phi) is 7.70. The Morgan fingerprint density at radius 2 is 1.74 bits per heavy atom. The highest BCUT2D eigenvalue weighted by molar-refractivity contribution is 4.89. The molecule has 0 bridgehead atoms. The lowest BCUT2D eigenvalue weighted by Gasteiger charge is -2.41. The zero-order valence-electron chi connectivity index (χ0n) is 13.0. The van der Waals surface area contributed by atoms with E-state index in [4.69, 9.17) is 0 Å². The molecule has 1 fully saturated rings. The van der Waals surface area contributed by atoms with Gasteiger partial charge >= 0.3 is 0 Å². The van der Waals surface area contributed by atoms with Gasteiger partial charge in [-0.15, -0.1) is 6.58 Å². The summed E-state index contributed by atoms with van der Waals surface area (Å²) in [5.74, 6) is 0. The highest BCUT2D eigenvalue weighted by Crippen LogP contribution is 2.26. The fourth-order valence-corrected chi connectivity index (χ4v) is 3.01. The third-order valence-corrected chi connectivity index (χ3v) is 4.62. The summed E-state index contributed by atoms with van der Waals surface area (Å²) in [6.07, 6.45) is 12.6. The lowest BCUT2D eigenvalue weighted by atomic mass is 9.90. The van der Waals surface area contributed by atoms with Crippen molar-refractivity contribution in [1.82, 2.24) is 4.90 Å². The summed E-state index contributed by atoms with van der Waals surface area (Å²) in [5.41, 5.74) is -0.0667. The van der Waals surface area contributed by atoms with Crippen molar-refractivity contribution < 1.29 is 5.11 Å². The van der Waals surface area contributed by atoms with Crippen molar-refractivity contribution in [3.05, 3.63) is 12.7 Å². The fourth-order valence-electron chi connectivity index (χ4n) is 3.01. The lowest BCUT2D eigenvalue weighted by Crippen LogP contribution is -2.52. The average Bonchev–Trinajstić information content (AvgIpc) is 2.67. The van der Waals surface area contributed by atoms with E-state index in [2.05, 4.69) is 25.3 Å². The maximum atomic E-state index is 10.5. The van der Waals surface area contributed by atoms with Crippen molar-refractivity contribution in [1.29, 1.82) is 0 Å². The maximum absolute atomic E-state index is 10.5. The second kappa shape index (κ2) is 8.76. The summed E-state index contributed by atoms with van der Waals surface area (Å²) in [6.45, 7) is 10.5. The van der Waals surface area contributed by atoms with E-state index in [9.17, 15) is 5.11 Å². The Labute approximate surface area is 119 Å². The Morgan fingerprint density at radius 1 is 1.11 bits per heavy atom. The molecule has 19 heavy (non-hydrogen) atoms. The smallest absolute Gasteiger partial charge is 0.0718 e. The van der Waals surface area contributed by atoms with Crippen molar-refractivity contribution in [2.75, 3.05) is 13.1 Å². The third kappa shape index (κ3) is 5.66. The number of hydrogen-bond donors (Lipinski definition) is 1. The summed E-state index contributed by atoms with van der Waals surface area (Å²) in [4.78, 5) is 2.51. The number of rotatable bonds is 8. The van der Waals surface area contributed by atoms with E-state index in [1.54, 1.807) is 0 Å². The van der Waals surface area contributed by atoms with Gasteiger partial charge in [-0.05, 0) is 59.0 Å². The zero-order chi connectivity index (χ0) is 14.1. The van der Waals surface area contributed by atoms with Crippen LogP contribution in [0.1, 0.15) is 71.6 Å². The van der Waals surface area contributed by atoms with Gasteiger partial charge in [-0.2, -0.15) is 0 Å². The molecule has 1 aliphatic rings. The summed E-state index contributed by atoms with van der Waals surface area (Å²) in [7, 11) is 0. The number of likely N-dealkylation sites (tertiary alicyclic amines) is 1. The van der Waals surface area contributed by atoms with Crippen molar-refractivity contribution in [3.8, 4) is 0 Å². The summed E-state index contributed by atoms with van der Waals surface area (Å²) in [5, 5.41) is 10.5. The van der Waals surface area contributed by atoms with Gasteiger partial charge in [0.25, 0.3) is 0 Å². The number of aliphatic hydroxyl groups excluding tert-OH is 1. The molecule has 0 aromatic heterocycles. The SMILES string of the molecule is C=CCCCCCC(O)C(C)(C)N1CCCCCC1. The van der Waals surface area contributed by atoms with Crippen LogP contribution in [0.15, 0.2) is 12.7 Å². The molecule has 1 unspecified atom stereocenters. The van der Waals surface area contributed by atoms with E-state index in [0.29, 0.717) is 0 Å². The summed E-state index contributed by atoms with van der Waals surface area (Å²) in [6, 6.07) is 0. The van der Waals surface area contributed by atoms with Crippen LogP contribution in [0, 0.1) is 0 Å². The molecule has 1 aliphatic heterocycles. The Morgan fingerprint density at radius 3 is 2.32 bits per heavy atom. The van der Waals surface area contributed by atoms with Gasteiger partial charge in [0.2, 0.25) is 0 Å². The molecule has 0 radical (unpaired) electrons. The van der Waals surface area contributed by atoms with Gasteiger partial charge in [0.1, 0.15) is 0 Å². The highest BCUT2D eigenvalue weighted by Gasteiger charge is 2.33. The molecule has 2 nitrogen and oxygen atoms in total. The molecule has 1 heterocycles. The van der Waals surface area contributed by atoms with E-state index in [-0.39, 0.29) is 11.6 Å². The second-order valence-electron chi connectivity index (χ2n) is 6.50. The lowest BCUT2D eigenvalue weighted by molar-refractivity contribution is -0.0139. The van der Waals surface area contributed by atoms with E-state index < -0.39 is 0 Å². The average molecular weight is 267 g/mol. The van der Waals surface area contributed by atoms with Crippen LogP contribution >= 0.6 is 0 Å². The van der Waals surface area contributed by atoms with Gasteiger partial charge in [-0.3, -0.25) is 4.90 Å². The zero-order valence-corrected chi connectivity index (χ0v) is 13.0. The first-order chi connectivity index (χ1) is 9.09. The van der Waals surface area contributed by atoms with Crippen LogP contribution in [0.2, 0.25) is 0 Å². The fraction of sp³-hybridized carbons (Fsp3) is 0.882. The van der Waals surface area contributed by atoms with Crippen LogP contribution in [0.3, 0.4) is 0 Å². The van der Waals surface area contributed by atoms with Crippen molar-refractivity contribution in [3.63, 3.8) is 0 Å². The molecule has 0 spiro atoms. The Bertz CT molecular complexity index is 242. The first-order valence-corrected chi connectivity index (χ1v) is 8.13. The monoisotopic (exact) mass is 267 g/mol. The molecule has 2 heteroatoms. The molecule has 112 valence electrons. The van der Waals surface area contributed by atoms with E-state index in [1.165, 1.54) is 38.5 Å². The molecule has 1 atom stereocenters. The van der Waals surface area contributed by atoms with Crippen LogP contribution in [0.4, 0.5) is 0 Å². The minimum atomic E-state index is -0.200. The predicted octanol–water partition coefficient (Wildman–Crippen LogP) is 4.14. The quantitative estimate of drug-likeness (QED) is 0.528.